The number of fused-ring (bicyclic) bond motifs is 3. The Bertz CT molecular complexity index is 5520. The third-order valence-electron chi connectivity index (χ3n) is 16.9. The van der Waals surface area contributed by atoms with Gasteiger partial charge in [0.25, 0.3) is 17.7 Å². The number of sulfone groups is 3. The largest absolute Gasteiger partial charge is 0.478 e. The van der Waals surface area contributed by atoms with Gasteiger partial charge in [-0.2, -0.15) is 0 Å². The molecule has 1 aliphatic rings. The van der Waals surface area contributed by atoms with Crippen LogP contribution < -0.4 is 26.6 Å². The number of amides is 3. The van der Waals surface area contributed by atoms with Gasteiger partial charge >= 0.3 is 5.97 Å². The summed E-state index contributed by atoms with van der Waals surface area (Å²) in [5, 5.41) is 22.7. The van der Waals surface area contributed by atoms with Gasteiger partial charge in [0.05, 0.1) is 95.3 Å². The van der Waals surface area contributed by atoms with E-state index in [2.05, 4.69) is 71.4 Å². The Morgan fingerprint density at radius 2 is 0.864 bits per heavy atom. The van der Waals surface area contributed by atoms with Crippen LogP contribution in [0.3, 0.4) is 0 Å². The summed E-state index contributed by atoms with van der Waals surface area (Å²) < 4.78 is 79.6. The molecule has 29 heteroatoms. The highest BCUT2D eigenvalue weighted by Crippen LogP contribution is 2.31. The molecule has 0 saturated carbocycles. The fraction of sp³-hybridized carbons (Fsp3) is 0.216. The van der Waals surface area contributed by atoms with Gasteiger partial charge in [-0.25, -0.2) is 60.0 Å². The van der Waals surface area contributed by atoms with Crippen LogP contribution in [0.4, 0.5) is 17.1 Å². The first-order chi connectivity index (χ1) is 49.3. The maximum atomic E-state index is 12.9. The van der Waals surface area contributed by atoms with Gasteiger partial charge in [-0.05, 0) is 145 Å². The lowest BCUT2D eigenvalue weighted by Crippen LogP contribution is -2.28. The molecule has 1 fully saturated rings. The van der Waals surface area contributed by atoms with Crippen molar-refractivity contribution < 1.29 is 68.5 Å². The fourth-order valence-electron chi connectivity index (χ4n) is 10.8. The average molecular weight is 1470 g/mol. The van der Waals surface area contributed by atoms with E-state index in [-0.39, 0.29) is 51.9 Å². The minimum atomic E-state index is -3.38. The van der Waals surface area contributed by atoms with E-state index in [1.165, 1.54) is 36.4 Å². The molecule has 9 N–H and O–H groups in total. The predicted molar refractivity (Wildman–Crippen MR) is 415 cm³/mol. The molecule has 6 aromatic carbocycles. The maximum absolute atomic E-state index is 12.9. The summed E-state index contributed by atoms with van der Waals surface area (Å²) in [5.41, 5.74) is 11.5. The Labute approximate surface area is 608 Å². The Balaban J connectivity index is 0.000000813. The first-order valence-corrected chi connectivity index (χ1v) is 37.4. The molecule has 1 atom stereocenters. The predicted octanol–water partition coefficient (Wildman–Crippen LogP) is 13.9. The Morgan fingerprint density at radius 3 is 1.23 bits per heavy atom. The molecule has 7 heterocycles. The standard InChI is InChI=1S/C27H29N5O4S.C24H25N5O3S.C23H20N4O5S.10H2/c1-17(2)37(34,35)22-9-7-19(8-10-22)23-14-29-26-25(31-23)24(15-30-26)32-27(33)20-5-3-18(4-6-20)13-28-21-11-12-36-16-21;1-15(2)33(31,32)19-9-7-17(8-10-19)20-13-26-23-22(28-20)21(14-27-23)29-24(30)18-6-4-5-16(11-18)12-25-3;1-13(2)33(31,32)17-8-6-14(7-9-17)18-11-24-21-20(26-18)19(12-25-21)27-22(28)15-4-3-5-16(10-15)23(29)30;;;;;;;;;;/h3-10,14-15,17,21,28H,11-13,16H2,1-2H3,(H,29,30)(H,32,33);4-11,13-15,25H,12H2,1-3H3,(H,26,27)(H,29,30);3-13H,1-2H3,(H,24,25)(H,27,28)(H,29,30);10*1H/t21-;;;;;;;;;;;;/m0............/s1. The molecule has 6 aromatic heterocycles. The summed E-state index contributed by atoms with van der Waals surface area (Å²) in [6.07, 6.45) is 10.6. The number of hydrogen-bond acceptors (Lipinski definition) is 19. The number of benzene rings is 6. The van der Waals surface area contributed by atoms with Crippen LogP contribution in [0.1, 0.15) is 115 Å². The smallest absolute Gasteiger partial charge is 0.335 e. The molecule has 1 saturated heterocycles. The summed E-state index contributed by atoms with van der Waals surface area (Å²) in [5.74, 6) is -2.11. The van der Waals surface area contributed by atoms with E-state index in [1.54, 1.807) is 158 Å². The van der Waals surface area contributed by atoms with Gasteiger partial charge in [-0.1, -0.05) is 66.7 Å². The van der Waals surface area contributed by atoms with Crippen molar-refractivity contribution in [2.24, 2.45) is 0 Å². The van der Waals surface area contributed by atoms with Crippen LogP contribution in [0.25, 0.3) is 67.3 Å². The molecule has 12 aromatic rings. The zero-order valence-corrected chi connectivity index (χ0v) is 59.5. The van der Waals surface area contributed by atoms with Crippen molar-refractivity contribution in [2.75, 3.05) is 36.2 Å². The summed E-state index contributed by atoms with van der Waals surface area (Å²) in [6.45, 7) is 12.8. The van der Waals surface area contributed by atoms with Gasteiger partial charge in [-0.15, -0.1) is 0 Å². The second kappa shape index (κ2) is 31.4. The van der Waals surface area contributed by atoms with Crippen LogP contribution >= 0.6 is 0 Å². The number of carbonyl (C=O) groups excluding carboxylic acids is 3. The number of nitrogens with zero attached hydrogens (tertiary/aromatic N) is 6. The van der Waals surface area contributed by atoms with Crippen LogP contribution in [-0.2, 0) is 47.3 Å². The van der Waals surface area contributed by atoms with Crippen molar-refractivity contribution in [1.29, 1.82) is 0 Å². The number of aromatic carboxylic acids is 1. The number of ether oxygens (including phenoxy) is 1. The number of rotatable bonds is 21. The second-order valence-corrected chi connectivity index (χ2v) is 32.4. The van der Waals surface area contributed by atoms with Crippen molar-refractivity contribution >= 4 is 104 Å². The normalized spacial score (nSPS) is 13.2. The van der Waals surface area contributed by atoms with Gasteiger partial charge in [0.2, 0.25) is 0 Å². The lowest BCUT2D eigenvalue weighted by Gasteiger charge is -2.11. The number of nitrogens with one attached hydrogen (secondary N) is 8. The van der Waals surface area contributed by atoms with Crippen molar-refractivity contribution in [2.45, 2.75) is 97.5 Å². The van der Waals surface area contributed by atoms with Gasteiger partial charge in [0.15, 0.2) is 46.5 Å². The number of hydrogen-bond donors (Lipinski definition) is 9. The Morgan fingerprint density at radius 1 is 0.485 bits per heavy atom. The SMILES string of the molecule is CC(C)S(=O)(=O)c1ccc(-c2cnc3[nH]cc(NC(=O)c4ccc(CN[C@H]5CCOC5)cc4)c3n2)cc1.CC(C)S(=O)(=O)c1ccc(-c2cnc3[nH]cc(NC(=O)c4cccc(C(=O)O)c4)c3n2)cc1.CNCc1cccc(C(=O)Nc2c[nH]c3ncc(-c4ccc(S(=O)(=O)C(C)C)cc4)nc23)c1.[HH].[HH].[HH].[HH].[HH].[HH].[HH].[HH].[HH].[HH]. The van der Waals surface area contributed by atoms with Crippen LogP contribution in [0.15, 0.2) is 197 Å². The zero-order chi connectivity index (χ0) is 73.3. The van der Waals surface area contributed by atoms with E-state index in [4.69, 9.17) is 9.84 Å². The van der Waals surface area contributed by atoms with E-state index in [0.29, 0.717) is 96.9 Å². The number of aromatic amines is 3. The Kier molecular flexibility index (Phi) is 22.2. The number of carbonyl (C=O) groups is 4. The second-order valence-electron chi connectivity index (χ2n) is 24.9. The monoisotopic (exact) mass is 1470 g/mol. The molecule has 26 nitrogen and oxygen atoms in total. The number of aromatic nitrogens is 9. The van der Waals surface area contributed by atoms with E-state index in [1.807, 2.05) is 37.4 Å². The molecule has 0 spiro atoms. The van der Waals surface area contributed by atoms with E-state index >= 15 is 0 Å². The van der Waals surface area contributed by atoms with Gasteiger partial charge in [-0.3, -0.25) is 14.4 Å². The summed E-state index contributed by atoms with van der Waals surface area (Å²) in [7, 11) is -8.23. The topological polar surface area (TPSA) is 385 Å². The summed E-state index contributed by atoms with van der Waals surface area (Å²) >= 11 is 0. The molecule has 550 valence electrons. The lowest BCUT2D eigenvalue weighted by atomic mass is 10.1. The highest BCUT2D eigenvalue weighted by molar-refractivity contribution is 7.92. The van der Waals surface area contributed by atoms with E-state index in [9.17, 15) is 44.4 Å². The molecule has 0 unspecified atom stereocenters. The fourth-order valence-corrected chi connectivity index (χ4v) is 14.0. The van der Waals surface area contributed by atoms with Gasteiger partial charge < -0.3 is 51.4 Å². The van der Waals surface area contributed by atoms with Crippen LogP contribution in [0.5, 0.6) is 0 Å². The number of carboxylic acids is 1. The maximum Gasteiger partial charge on any atom is 0.335 e. The third kappa shape index (κ3) is 16.9. The van der Waals surface area contributed by atoms with Crippen molar-refractivity contribution in [1.82, 2.24) is 55.5 Å². The van der Waals surface area contributed by atoms with Gasteiger partial charge in [0.1, 0.15) is 16.6 Å². The number of anilines is 3. The molecule has 0 bridgehead atoms. The minimum Gasteiger partial charge on any atom is -0.478 e. The number of H-pyrrole nitrogens is 3. The quantitative estimate of drug-likeness (QED) is 0.0323. The van der Waals surface area contributed by atoms with Crippen molar-refractivity contribution in [3.8, 4) is 33.8 Å². The highest BCUT2D eigenvalue weighted by Gasteiger charge is 2.24. The molecule has 0 aliphatic carbocycles. The average Bonchev–Trinajstić information content (AvgIpc) is 1.76. The molecular weight excluding hydrogens is 1370 g/mol. The zero-order valence-electron chi connectivity index (χ0n) is 57.0. The first kappa shape index (κ1) is 73.0. The van der Waals surface area contributed by atoms with Crippen LogP contribution in [0.2, 0.25) is 0 Å². The molecule has 1 aliphatic heterocycles. The molecular formula is C74H94N14O12S3. The highest BCUT2D eigenvalue weighted by atomic mass is 32.2. The van der Waals surface area contributed by atoms with Gasteiger partial charge in [0, 0.05) is 92.0 Å². The van der Waals surface area contributed by atoms with E-state index in [0.717, 1.165) is 48.4 Å². The van der Waals surface area contributed by atoms with Crippen LogP contribution in [0, 0.1) is 0 Å². The minimum absolute atomic E-state index is 0. The Hall–Kier alpha value is -11.2. The lowest BCUT2D eigenvalue weighted by molar-refractivity contribution is 0.0696. The summed E-state index contributed by atoms with van der Waals surface area (Å²) in [6, 6.07) is 40.5. The number of carboxylic acid groups (broad SMARTS) is 1. The molecule has 103 heavy (non-hydrogen) atoms. The van der Waals surface area contributed by atoms with Crippen LogP contribution in [-0.4, -0.2) is 141 Å². The molecule has 3 amide bonds. The molecule has 13 rings (SSSR count). The first-order valence-electron chi connectivity index (χ1n) is 32.7. The summed E-state index contributed by atoms with van der Waals surface area (Å²) in [4.78, 5) is 86.3. The van der Waals surface area contributed by atoms with E-state index < -0.39 is 57.1 Å². The third-order valence-corrected chi connectivity index (χ3v) is 23.4. The van der Waals surface area contributed by atoms with Crippen molar-refractivity contribution in [3.63, 3.8) is 0 Å². The molecule has 0 radical (unpaired) electrons. The van der Waals surface area contributed by atoms with Crippen molar-refractivity contribution in [3.05, 3.63) is 216 Å².